The van der Waals surface area contributed by atoms with Crippen molar-refractivity contribution < 1.29 is 0 Å². The molecule has 4 aliphatic heterocycles. The zero-order valence-electron chi connectivity index (χ0n) is 19.5. The van der Waals surface area contributed by atoms with Gasteiger partial charge in [-0.2, -0.15) is 0 Å². The molecule has 0 saturated heterocycles. The SMILES string of the molecule is C=Cn1c2c(=C)ccc=2cn/c1=C\c1ccc2c(/C=c3\ncc4ccc(=C)c=4n3C=C)nnc-2cn1. The Balaban J connectivity index is 1.51. The summed E-state index contributed by atoms with van der Waals surface area (Å²) in [5, 5.41) is 14.5. The average molecular weight is 468 g/mol. The lowest BCUT2D eigenvalue weighted by Crippen LogP contribution is -2.24. The molecule has 0 atom stereocenters. The van der Waals surface area contributed by atoms with E-state index in [2.05, 4.69) is 51.5 Å². The first-order valence-electron chi connectivity index (χ1n) is 11.3. The van der Waals surface area contributed by atoms with E-state index in [1.54, 1.807) is 18.6 Å². The van der Waals surface area contributed by atoms with Crippen LogP contribution in [0.25, 0.3) is 49.0 Å². The second-order valence-electron chi connectivity index (χ2n) is 8.35. The molecule has 0 aromatic rings. The lowest BCUT2D eigenvalue weighted by atomic mass is 10.1. The van der Waals surface area contributed by atoms with Gasteiger partial charge in [0.05, 0.1) is 28.3 Å². The number of rotatable bonds is 4. The minimum atomic E-state index is 0.675. The fourth-order valence-electron chi connectivity index (χ4n) is 4.48. The summed E-state index contributed by atoms with van der Waals surface area (Å²) >= 11 is 0. The van der Waals surface area contributed by atoms with E-state index in [9.17, 15) is 0 Å². The largest absolute Gasteiger partial charge is 0.301 e. The third-order valence-electron chi connectivity index (χ3n) is 6.21. The Morgan fingerprint density at radius 1 is 0.639 bits per heavy atom. The maximum atomic E-state index is 4.61. The molecule has 0 aromatic heterocycles. The van der Waals surface area contributed by atoms with Gasteiger partial charge in [0.2, 0.25) is 0 Å². The summed E-state index contributed by atoms with van der Waals surface area (Å²) in [7, 11) is 0. The molecule has 0 radical (unpaired) electrons. The maximum Gasteiger partial charge on any atom is 0.139 e. The van der Waals surface area contributed by atoms with Gasteiger partial charge in [0, 0.05) is 52.9 Å². The summed E-state index contributed by atoms with van der Waals surface area (Å²) in [6.07, 6.45) is 12.6. The molecule has 0 amide bonds. The number of hydrogen-bond donors (Lipinski definition) is 0. The molecule has 6 rings (SSSR count). The van der Waals surface area contributed by atoms with Crippen LogP contribution in [0.4, 0.5) is 0 Å². The molecule has 0 bridgehead atoms. The molecule has 0 saturated carbocycles. The molecule has 0 spiro atoms. The highest BCUT2D eigenvalue weighted by atomic mass is 15.1. The second kappa shape index (κ2) is 8.25. The van der Waals surface area contributed by atoms with Crippen molar-refractivity contribution in [2.24, 2.45) is 0 Å². The Kier molecular flexibility index (Phi) is 4.90. The number of fused-ring (bicyclic) bond motifs is 1. The van der Waals surface area contributed by atoms with E-state index < -0.39 is 0 Å². The van der Waals surface area contributed by atoms with Crippen molar-refractivity contribution >= 4 is 37.7 Å². The summed E-state index contributed by atoms with van der Waals surface area (Å²) in [6, 6.07) is 11.8. The fourth-order valence-corrected chi connectivity index (χ4v) is 4.48. The van der Waals surface area contributed by atoms with Gasteiger partial charge in [-0.3, -0.25) is 4.98 Å². The van der Waals surface area contributed by atoms with Crippen LogP contribution in [0.1, 0.15) is 11.4 Å². The van der Waals surface area contributed by atoms with Crippen LogP contribution in [0, 0.1) is 21.1 Å². The van der Waals surface area contributed by atoms with Crippen molar-refractivity contribution in [3.8, 4) is 11.3 Å². The van der Waals surface area contributed by atoms with Gasteiger partial charge in [-0.25, -0.2) is 9.97 Å². The molecular formula is C29H21N7. The topological polar surface area (TPSA) is 74.3 Å². The lowest BCUT2D eigenvalue weighted by Gasteiger charge is -2.02. The van der Waals surface area contributed by atoms with E-state index in [4.69, 9.17) is 0 Å². The predicted molar refractivity (Wildman–Crippen MR) is 141 cm³/mol. The summed E-state index contributed by atoms with van der Waals surface area (Å²) in [5.41, 5.74) is 4.32. The second-order valence-corrected chi connectivity index (χ2v) is 8.35. The van der Waals surface area contributed by atoms with E-state index in [0.29, 0.717) is 22.3 Å². The molecule has 4 heterocycles. The molecule has 7 nitrogen and oxygen atoms in total. The molecule has 0 fully saturated rings. The summed E-state index contributed by atoms with van der Waals surface area (Å²) < 4.78 is 3.83. The lowest BCUT2D eigenvalue weighted by molar-refractivity contribution is 0.928. The van der Waals surface area contributed by atoms with Gasteiger partial charge >= 0.3 is 0 Å². The molecule has 7 heteroatoms. The van der Waals surface area contributed by atoms with Gasteiger partial charge in [0.25, 0.3) is 0 Å². The highest BCUT2D eigenvalue weighted by Crippen LogP contribution is 2.21. The van der Waals surface area contributed by atoms with E-state index in [1.807, 2.05) is 70.1 Å². The Labute approximate surface area is 205 Å². The van der Waals surface area contributed by atoms with Crippen molar-refractivity contribution in [1.29, 1.82) is 0 Å². The highest BCUT2D eigenvalue weighted by molar-refractivity contribution is 5.71. The van der Waals surface area contributed by atoms with E-state index in [0.717, 1.165) is 42.8 Å². The number of aromatic nitrogens is 7. The van der Waals surface area contributed by atoms with Gasteiger partial charge in [0.1, 0.15) is 16.7 Å². The molecule has 0 aromatic carbocycles. The molecule has 0 unspecified atom stereocenters. The van der Waals surface area contributed by atoms with Crippen LogP contribution in [0.15, 0.2) is 68.1 Å². The third kappa shape index (κ3) is 3.33. The van der Waals surface area contributed by atoms with Crippen LogP contribution in [0.2, 0.25) is 0 Å². The number of nitrogens with zero attached hydrogens (tertiary/aromatic N) is 7. The Hall–Kier alpha value is -5.17. The van der Waals surface area contributed by atoms with E-state index in [1.165, 1.54) is 0 Å². The Morgan fingerprint density at radius 2 is 1.25 bits per heavy atom. The van der Waals surface area contributed by atoms with Crippen LogP contribution in [-0.2, 0) is 0 Å². The molecule has 172 valence electrons. The Morgan fingerprint density at radius 3 is 1.86 bits per heavy atom. The minimum absolute atomic E-state index is 0.675. The molecular weight excluding hydrogens is 446 g/mol. The summed E-state index contributed by atoms with van der Waals surface area (Å²) in [6.45, 7) is 16.2. The van der Waals surface area contributed by atoms with E-state index in [-0.39, 0.29) is 0 Å². The highest BCUT2D eigenvalue weighted by Gasteiger charge is 2.11. The quantitative estimate of drug-likeness (QED) is 0.393. The molecule has 6 aliphatic rings. The zero-order chi connectivity index (χ0) is 24.8. The minimum Gasteiger partial charge on any atom is -0.301 e. The monoisotopic (exact) mass is 467 g/mol. The third-order valence-corrected chi connectivity index (χ3v) is 6.21. The smallest absolute Gasteiger partial charge is 0.139 e. The first-order chi connectivity index (χ1) is 17.6. The molecule has 36 heavy (non-hydrogen) atoms. The zero-order valence-corrected chi connectivity index (χ0v) is 19.5. The van der Waals surface area contributed by atoms with Crippen LogP contribution in [-0.4, -0.2) is 34.3 Å². The van der Waals surface area contributed by atoms with Gasteiger partial charge in [-0.15, -0.1) is 10.2 Å². The van der Waals surface area contributed by atoms with Crippen LogP contribution < -0.4 is 21.4 Å². The Bertz CT molecular complexity index is 2140. The molecule has 2 aliphatic carbocycles. The summed E-state index contributed by atoms with van der Waals surface area (Å²) in [4.78, 5) is 13.8. The van der Waals surface area contributed by atoms with Crippen molar-refractivity contribution in [2.45, 2.75) is 0 Å². The standard InChI is InChI=1S/C29H21N7/c1-5-35-26(31-15-20-9-7-18(3)28(20)35)13-22-11-12-23-24(33-34-25(23)17-30-22)14-27-32-16-21-10-8-19(4)29(21)36(27)6-2/h5-17H,1-4H2/b26-13+,27-14+. The van der Waals surface area contributed by atoms with Gasteiger partial charge in [-0.1, -0.05) is 50.6 Å². The molecule has 0 N–H and O–H groups in total. The van der Waals surface area contributed by atoms with Crippen molar-refractivity contribution in [3.05, 3.63) is 122 Å². The van der Waals surface area contributed by atoms with Crippen molar-refractivity contribution in [2.75, 3.05) is 0 Å². The van der Waals surface area contributed by atoms with Gasteiger partial charge in [0.15, 0.2) is 0 Å². The van der Waals surface area contributed by atoms with Crippen LogP contribution in [0.5, 0.6) is 0 Å². The normalized spacial score (nSPS) is 12.7. The van der Waals surface area contributed by atoms with E-state index >= 15 is 0 Å². The average Bonchev–Trinajstić information content (AvgIpc) is 3.53. The van der Waals surface area contributed by atoms with Crippen LogP contribution in [0.3, 0.4) is 0 Å². The predicted octanol–water partition coefficient (Wildman–Crippen LogP) is 1.50. The van der Waals surface area contributed by atoms with Crippen molar-refractivity contribution in [1.82, 2.24) is 34.3 Å². The first kappa shape index (κ1) is 21.4. The van der Waals surface area contributed by atoms with Gasteiger partial charge < -0.3 is 9.13 Å². The maximum absolute atomic E-state index is 4.61. The van der Waals surface area contributed by atoms with Crippen molar-refractivity contribution in [3.63, 3.8) is 0 Å². The van der Waals surface area contributed by atoms with Crippen LogP contribution >= 0.6 is 0 Å². The summed E-state index contributed by atoms with van der Waals surface area (Å²) in [5.74, 6) is 0. The fraction of sp³-hybridized carbons (Fsp3) is 0. The first-order valence-corrected chi connectivity index (χ1v) is 11.3. The number of hydrogen-bond acceptors (Lipinski definition) is 5. The van der Waals surface area contributed by atoms with Gasteiger partial charge in [-0.05, 0) is 22.6 Å².